The largest absolute Gasteiger partial charge is 0.316 e. The van der Waals surface area contributed by atoms with E-state index in [9.17, 15) is 4.39 Å². The van der Waals surface area contributed by atoms with Crippen LogP contribution in [-0.4, -0.2) is 31.6 Å². The van der Waals surface area contributed by atoms with E-state index < -0.39 is 0 Å². The van der Waals surface area contributed by atoms with E-state index in [2.05, 4.69) is 24.2 Å². The molecule has 2 nitrogen and oxygen atoms in total. The second-order valence-electron chi connectivity index (χ2n) is 6.09. The molecule has 1 aliphatic rings. The number of halogens is 2. The van der Waals surface area contributed by atoms with E-state index in [4.69, 9.17) is 11.6 Å². The Labute approximate surface area is 132 Å². The molecule has 1 aliphatic heterocycles. The average Bonchev–Trinajstić information content (AvgIpc) is 2.60. The fourth-order valence-electron chi connectivity index (χ4n) is 3.38. The summed E-state index contributed by atoms with van der Waals surface area (Å²) < 4.78 is 13.7. The van der Waals surface area contributed by atoms with E-state index in [0.717, 1.165) is 31.6 Å². The summed E-state index contributed by atoms with van der Waals surface area (Å²) >= 11 is 6.06. The molecule has 0 aromatic heterocycles. The van der Waals surface area contributed by atoms with Crippen molar-refractivity contribution < 1.29 is 4.39 Å². The van der Waals surface area contributed by atoms with Crippen LogP contribution in [0.3, 0.4) is 0 Å². The predicted molar refractivity (Wildman–Crippen MR) is 87.3 cm³/mol. The maximum absolute atomic E-state index is 13.7. The van der Waals surface area contributed by atoms with Gasteiger partial charge in [0, 0.05) is 11.1 Å². The zero-order valence-electron chi connectivity index (χ0n) is 13.0. The van der Waals surface area contributed by atoms with Gasteiger partial charge in [-0.05, 0) is 75.6 Å². The molecule has 0 radical (unpaired) electrons. The van der Waals surface area contributed by atoms with Crippen LogP contribution in [0.4, 0.5) is 4.39 Å². The molecule has 1 fully saturated rings. The van der Waals surface area contributed by atoms with E-state index >= 15 is 0 Å². The number of nitrogens with one attached hydrogen (secondary N) is 1. The SMILES string of the molecule is CCCNCC1CCCCN(C)C1c1cc(F)cc(Cl)c1. The van der Waals surface area contributed by atoms with Gasteiger partial charge in [0.05, 0.1) is 0 Å². The Morgan fingerprint density at radius 1 is 1.33 bits per heavy atom. The maximum atomic E-state index is 13.7. The molecular formula is C17H26ClFN2. The third kappa shape index (κ3) is 4.67. The highest BCUT2D eigenvalue weighted by molar-refractivity contribution is 6.30. The monoisotopic (exact) mass is 312 g/mol. The van der Waals surface area contributed by atoms with Crippen LogP contribution in [0, 0.1) is 11.7 Å². The molecule has 0 bridgehead atoms. The highest BCUT2D eigenvalue weighted by Crippen LogP contribution is 2.35. The minimum atomic E-state index is -0.240. The molecule has 0 spiro atoms. The summed E-state index contributed by atoms with van der Waals surface area (Å²) in [4.78, 5) is 2.36. The molecule has 1 heterocycles. The zero-order chi connectivity index (χ0) is 15.2. The zero-order valence-corrected chi connectivity index (χ0v) is 13.8. The van der Waals surface area contributed by atoms with Gasteiger partial charge in [0.2, 0.25) is 0 Å². The van der Waals surface area contributed by atoms with Gasteiger partial charge < -0.3 is 5.32 Å². The summed E-state index contributed by atoms with van der Waals surface area (Å²) in [6.07, 6.45) is 4.77. The van der Waals surface area contributed by atoms with Gasteiger partial charge in [0.1, 0.15) is 5.82 Å². The first-order valence-corrected chi connectivity index (χ1v) is 8.36. The first kappa shape index (κ1) is 16.7. The maximum Gasteiger partial charge on any atom is 0.125 e. The quantitative estimate of drug-likeness (QED) is 0.818. The number of benzene rings is 1. The van der Waals surface area contributed by atoms with E-state index in [1.165, 1.54) is 25.3 Å². The first-order chi connectivity index (χ1) is 10.1. The lowest BCUT2D eigenvalue weighted by atomic mass is 9.89. The van der Waals surface area contributed by atoms with Gasteiger partial charge >= 0.3 is 0 Å². The van der Waals surface area contributed by atoms with E-state index in [0.29, 0.717) is 10.9 Å². The molecular weight excluding hydrogens is 287 g/mol. The molecule has 1 saturated heterocycles. The highest BCUT2D eigenvalue weighted by Gasteiger charge is 2.29. The third-order valence-electron chi connectivity index (χ3n) is 4.32. The van der Waals surface area contributed by atoms with Crippen molar-refractivity contribution in [2.75, 3.05) is 26.7 Å². The normalized spacial score (nSPS) is 24.0. The van der Waals surface area contributed by atoms with Gasteiger partial charge in [-0.15, -0.1) is 0 Å². The Morgan fingerprint density at radius 3 is 2.86 bits per heavy atom. The summed E-state index contributed by atoms with van der Waals surface area (Å²) in [5, 5.41) is 4.02. The van der Waals surface area contributed by atoms with Crippen molar-refractivity contribution >= 4 is 11.6 Å². The molecule has 2 unspecified atom stereocenters. The van der Waals surface area contributed by atoms with Crippen LogP contribution in [-0.2, 0) is 0 Å². The van der Waals surface area contributed by atoms with Crippen molar-refractivity contribution in [2.24, 2.45) is 5.92 Å². The van der Waals surface area contributed by atoms with E-state index in [-0.39, 0.29) is 11.9 Å². The van der Waals surface area contributed by atoms with Crippen LogP contribution >= 0.6 is 11.6 Å². The van der Waals surface area contributed by atoms with E-state index in [1.54, 1.807) is 6.07 Å². The van der Waals surface area contributed by atoms with Crippen molar-refractivity contribution in [1.82, 2.24) is 10.2 Å². The number of hydrogen-bond acceptors (Lipinski definition) is 2. The Kier molecular flexibility index (Phi) is 6.46. The molecule has 1 aromatic carbocycles. The lowest BCUT2D eigenvalue weighted by molar-refractivity contribution is 0.189. The fourth-order valence-corrected chi connectivity index (χ4v) is 3.61. The molecule has 0 aliphatic carbocycles. The van der Waals surface area contributed by atoms with Crippen LogP contribution in [0.25, 0.3) is 0 Å². The van der Waals surface area contributed by atoms with Crippen molar-refractivity contribution in [3.63, 3.8) is 0 Å². The minimum absolute atomic E-state index is 0.240. The smallest absolute Gasteiger partial charge is 0.125 e. The topological polar surface area (TPSA) is 15.3 Å². The molecule has 21 heavy (non-hydrogen) atoms. The average molecular weight is 313 g/mol. The molecule has 118 valence electrons. The van der Waals surface area contributed by atoms with Crippen LogP contribution in [0.1, 0.15) is 44.2 Å². The standard InChI is InChI=1S/C17H26ClFN2/c1-3-7-20-12-13-6-4-5-8-21(2)17(13)14-9-15(18)11-16(19)10-14/h9-11,13,17,20H,3-8,12H2,1-2H3. The van der Waals surface area contributed by atoms with Crippen molar-refractivity contribution in [2.45, 2.75) is 38.6 Å². The van der Waals surface area contributed by atoms with Gasteiger partial charge in [-0.2, -0.15) is 0 Å². The van der Waals surface area contributed by atoms with Gasteiger partial charge in [0.25, 0.3) is 0 Å². The number of nitrogens with zero attached hydrogens (tertiary/aromatic N) is 1. The van der Waals surface area contributed by atoms with Crippen molar-refractivity contribution in [1.29, 1.82) is 0 Å². The summed E-state index contributed by atoms with van der Waals surface area (Å²) in [5.41, 5.74) is 1.01. The molecule has 1 N–H and O–H groups in total. The minimum Gasteiger partial charge on any atom is -0.316 e. The molecule has 0 amide bonds. The van der Waals surface area contributed by atoms with E-state index in [1.807, 2.05) is 6.07 Å². The number of hydrogen-bond donors (Lipinski definition) is 1. The van der Waals surface area contributed by atoms with Crippen molar-refractivity contribution in [3.05, 3.63) is 34.6 Å². The fraction of sp³-hybridized carbons (Fsp3) is 0.647. The molecule has 2 rings (SSSR count). The van der Waals surface area contributed by atoms with Gasteiger partial charge in [0.15, 0.2) is 0 Å². The molecule has 0 saturated carbocycles. The van der Waals surface area contributed by atoms with Crippen LogP contribution in [0.2, 0.25) is 5.02 Å². The lowest BCUT2D eigenvalue weighted by Crippen LogP contribution is -2.35. The number of rotatable bonds is 5. The summed E-state index contributed by atoms with van der Waals surface area (Å²) in [7, 11) is 2.14. The Morgan fingerprint density at radius 2 is 2.14 bits per heavy atom. The molecule has 1 aromatic rings. The van der Waals surface area contributed by atoms with Crippen molar-refractivity contribution in [3.8, 4) is 0 Å². The lowest BCUT2D eigenvalue weighted by Gasteiger charge is -2.33. The van der Waals surface area contributed by atoms with Gasteiger partial charge in [-0.3, -0.25) is 4.90 Å². The van der Waals surface area contributed by atoms with Crippen LogP contribution in [0.15, 0.2) is 18.2 Å². The Balaban J connectivity index is 2.23. The molecule has 4 heteroatoms. The second kappa shape index (κ2) is 8.11. The van der Waals surface area contributed by atoms with Crippen LogP contribution < -0.4 is 5.32 Å². The Hall–Kier alpha value is -0.640. The first-order valence-electron chi connectivity index (χ1n) is 7.98. The molecule has 2 atom stereocenters. The van der Waals surface area contributed by atoms with Crippen LogP contribution in [0.5, 0.6) is 0 Å². The van der Waals surface area contributed by atoms with Gasteiger partial charge in [-0.25, -0.2) is 4.39 Å². The third-order valence-corrected chi connectivity index (χ3v) is 4.54. The number of likely N-dealkylation sites (tertiary alicyclic amines) is 1. The second-order valence-corrected chi connectivity index (χ2v) is 6.52. The predicted octanol–water partition coefficient (Wildman–Crippen LogP) is 4.25. The summed E-state index contributed by atoms with van der Waals surface area (Å²) in [6, 6.07) is 5.19. The highest BCUT2D eigenvalue weighted by atomic mass is 35.5. The Bertz CT molecular complexity index is 432. The summed E-state index contributed by atoms with van der Waals surface area (Å²) in [5.74, 6) is 0.261. The van der Waals surface area contributed by atoms with Gasteiger partial charge in [-0.1, -0.05) is 24.9 Å². The summed E-state index contributed by atoms with van der Waals surface area (Å²) in [6.45, 7) is 5.26.